The Morgan fingerprint density at radius 2 is 2.29 bits per heavy atom. The third-order valence-electron chi connectivity index (χ3n) is 3.59. The Morgan fingerprint density at radius 1 is 1.48 bits per heavy atom. The van der Waals surface area contributed by atoms with Crippen molar-refractivity contribution in [1.29, 1.82) is 0 Å². The number of halogens is 1. The fourth-order valence-electron chi connectivity index (χ4n) is 2.54. The first-order valence-corrected chi connectivity index (χ1v) is 7.82. The first kappa shape index (κ1) is 16.7. The number of hydrogen-bond acceptors (Lipinski definition) is 4. The molecule has 1 aliphatic heterocycles. The van der Waals surface area contributed by atoms with Crippen LogP contribution in [0.2, 0.25) is 5.02 Å². The van der Waals surface area contributed by atoms with Gasteiger partial charge in [0.05, 0.1) is 25.4 Å². The first-order chi connectivity index (χ1) is 10.1. The van der Waals surface area contributed by atoms with E-state index in [1.807, 2.05) is 31.3 Å². The van der Waals surface area contributed by atoms with Gasteiger partial charge in [0.2, 0.25) is 0 Å². The van der Waals surface area contributed by atoms with E-state index in [1.54, 1.807) is 0 Å². The van der Waals surface area contributed by atoms with Gasteiger partial charge >= 0.3 is 0 Å². The second kappa shape index (κ2) is 8.71. The zero-order valence-electron chi connectivity index (χ0n) is 12.5. The van der Waals surface area contributed by atoms with Crippen molar-refractivity contribution < 1.29 is 14.6 Å². The Morgan fingerprint density at radius 3 is 3.00 bits per heavy atom. The second-order valence-electron chi connectivity index (χ2n) is 5.62. The van der Waals surface area contributed by atoms with Crippen molar-refractivity contribution in [2.45, 2.75) is 31.7 Å². The van der Waals surface area contributed by atoms with E-state index in [1.165, 1.54) is 0 Å². The van der Waals surface area contributed by atoms with Crippen molar-refractivity contribution in [2.75, 3.05) is 33.4 Å². The summed E-state index contributed by atoms with van der Waals surface area (Å²) in [6.07, 6.45) is 2.07. The molecule has 4 nitrogen and oxygen atoms in total. The monoisotopic (exact) mass is 313 g/mol. The second-order valence-corrected chi connectivity index (χ2v) is 6.02. The Balaban J connectivity index is 1.62. The Kier molecular flexibility index (Phi) is 6.93. The molecule has 1 aromatic carbocycles. The maximum Gasteiger partial charge on any atom is 0.0900 e. The number of aliphatic hydroxyl groups is 1. The Labute approximate surface area is 131 Å². The van der Waals surface area contributed by atoms with Crippen LogP contribution in [0, 0.1) is 0 Å². The molecule has 0 aliphatic carbocycles. The summed E-state index contributed by atoms with van der Waals surface area (Å²) in [7, 11) is 2.00. The fourth-order valence-corrected chi connectivity index (χ4v) is 2.73. The lowest BCUT2D eigenvalue weighted by atomic mass is 10.2. The summed E-state index contributed by atoms with van der Waals surface area (Å²) in [6, 6.07) is 7.58. The van der Waals surface area contributed by atoms with Gasteiger partial charge in [-0.1, -0.05) is 29.8 Å². The summed E-state index contributed by atoms with van der Waals surface area (Å²) >= 11 is 6.05. The third-order valence-corrected chi connectivity index (χ3v) is 3.96. The number of aliphatic hydroxyl groups excluding tert-OH is 1. The lowest BCUT2D eigenvalue weighted by molar-refractivity contribution is 0.00468. The number of likely N-dealkylation sites (N-methyl/N-ethyl adjacent to an activating group) is 1. The summed E-state index contributed by atoms with van der Waals surface area (Å²) in [5.74, 6) is 0. The number of benzene rings is 1. The van der Waals surface area contributed by atoms with Crippen molar-refractivity contribution in [3.05, 3.63) is 34.9 Å². The highest BCUT2D eigenvalue weighted by Gasteiger charge is 2.18. The van der Waals surface area contributed by atoms with Crippen molar-refractivity contribution in [3.8, 4) is 0 Å². The minimum Gasteiger partial charge on any atom is -0.389 e. The molecule has 0 saturated carbocycles. The van der Waals surface area contributed by atoms with E-state index in [4.69, 9.17) is 21.1 Å². The molecule has 1 saturated heterocycles. The van der Waals surface area contributed by atoms with E-state index >= 15 is 0 Å². The standard InChI is InChI=1S/C16H24ClNO3/c1-18(10-15-6-4-8-21-15)9-14(19)12-20-11-13-5-2-3-7-16(13)17/h2-3,5,7,14-15,19H,4,6,8-12H2,1H3. The van der Waals surface area contributed by atoms with Gasteiger partial charge in [0.15, 0.2) is 0 Å². The van der Waals surface area contributed by atoms with E-state index in [9.17, 15) is 5.11 Å². The average Bonchev–Trinajstić information content (AvgIpc) is 2.93. The van der Waals surface area contributed by atoms with Crippen molar-refractivity contribution >= 4 is 11.6 Å². The molecule has 118 valence electrons. The third kappa shape index (κ3) is 5.93. The summed E-state index contributed by atoms with van der Waals surface area (Å²) in [6.45, 7) is 3.04. The highest BCUT2D eigenvalue weighted by atomic mass is 35.5. The largest absolute Gasteiger partial charge is 0.389 e. The van der Waals surface area contributed by atoms with Gasteiger partial charge in [-0.15, -0.1) is 0 Å². The van der Waals surface area contributed by atoms with Gasteiger partial charge in [-0.25, -0.2) is 0 Å². The minimum atomic E-state index is -0.501. The summed E-state index contributed by atoms with van der Waals surface area (Å²) in [5.41, 5.74) is 0.944. The minimum absolute atomic E-state index is 0.307. The molecular weight excluding hydrogens is 290 g/mol. The predicted octanol–water partition coefficient (Wildman–Crippen LogP) is 2.33. The molecule has 2 unspecified atom stereocenters. The summed E-state index contributed by atoms with van der Waals surface area (Å²) in [5, 5.41) is 10.7. The molecular formula is C16H24ClNO3. The normalized spacial score (nSPS) is 20.1. The van der Waals surface area contributed by atoms with E-state index in [0.717, 1.165) is 31.6 Å². The molecule has 0 aromatic heterocycles. The molecule has 21 heavy (non-hydrogen) atoms. The van der Waals surface area contributed by atoms with Gasteiger partial charge in [0.25, 0.3) is 0 Å². The summed E-state index contributed by atoms with van der Waals surface area (Å²) < 4.78 is 11.1. The molecule has 1 heterocycles. The van der Waals surface area contributed by atoms with Crippen LogP contribution < -0.4 is 0 Å². The number of rotatable bonds is 8. The first-order valence-electron chi connectivity index (χ1n) is 7.44. The highest BCUT2D eigenvalue weighted by Crippen LogP contribution is 2.16. The lowest BCUT2D eigenvalue weighted by Crippen LogP contribution is -2.36. The van der Waals surface area contributed by atoms with Gasteiger partial charge in [-0.2, -0.15) is 0 Å². The zero-order chi connectivity index (χ0) is 15.1. The van der Waals surface area contributed by atoms with Gasteiger partial charge in [-0.3, -0.25) is 0 Å². The maximum absolute atomic E-state index is 10.0. The molecule has 0 spiro atoms. The molecule has 1 aromatic rings. The van der Waals surface area contributed by atoms with Crippen LogP contribution in [-0.4, -0.2) is 55.6 Å². The number of nitrogens with zero attached hydrogens (tertiary/aromatic N) is 1. The Bertz CT molecular complexity index is 424. The van der Waals surface area contributed by atoms with E-state index in [0.29, 0.717) is 30.9 Å². The van der Waals surface area contributed by atoms with Crippen LogP contribution in [0.4, 0.5) is 0 Å². The molecule has 2 rings (SSSR count). The molecule has 1 N–H and O–H groups in total. The zero-order valence-corrected chi connectivity index (χ0v) is 13.3. The van der Waals surface area contributed by atoms with Gasteiger partial charge in [0.1, 0.15) is 0 Å². The molecule has 5 heteroatoms. The van der Waals surface area contributed by atoms with E-state index in [2.05, 4.69) is 4.90 Å². The number of hydrogen-bond donors (Lipinski definition) is 1. The Hall–Kier alpha value is -0.650. The molecule has 2 atom stereocenters. The van der Waals surface area contributed by atoms with Crippen LogP contribution in [0.25, 0.3) is 0 Å². The molecule has 1 fully saturated rings. The van der Waals surface area contributed by atoms with Crippen molar-refractivity contribution in [2.24, 2.45) is 0 Å². The van der Waals surface area contributed by atoms with Crippen LogP contribution in [0.5, 0.6) is 0 Å². The van der Waals surface area contributed by atoms with E-state index in [-0.39, 0.29) is 0 Å². The molecule has 0 radical (unpaired) electrons. The lowest BCUT2D eigenvalue weighted by Gasteiger charge is -2.23. The van der Waals surface area contributed by atoms with Crippen molar-refractivity contribution in [3.63, 3.8) is 0 Å². The highest BCUT2D eigenvalue weighted by molar-refractivity contribution is 6.31. The van der Waals surface area contributed by atoms with E-state index < -0.39 is 6.10 Å². The fraction of sp³-hybridized carbons (Fsp3) is 0.625. The maximum atomic E-state index is 10.0. The van der Waals surface area contributed by atoms with Gasteiger partial charge in [0, 0.05) is 24.7 Å². The van der Waals surface area contributed by atoms with Crippen LogP contribution in [0.1, 0.15) is 18.4 Å². The predicted molar refractivity (Wildman–Crippen MR) is 83.6 cm³/mol. The van der Waals surface area contributed by atoms with Crippen LogP contribution >= 0.6 is 11.6 Å². The topological polar surface area (TPSA) is 41.9 Å². The van der Waals surface area contributed by atoms with Crippen LogP contribution in [-0.2, 0) is 16.1 Å². The van der Waals surface area contributed by atoms with Crippen LogP contribution in [0.15, 0.2) is 24.3 Å². The van der Waals surface area contributed by atoms with Gasteiger partial charge in [-0.05, 0) is 31.5 Å². The van der Waals surface area contributed by atoms with Gasteiger partial charge < -0.3 is 19.5 Å². The molecule has 0 bridgehead atoms. The smallest absolute Gasteiger partial charge is 0.0900 e. The quantitative estimate of drug-likeness (QED) is 0.800. The molecule has 1 aliphatic rings. The SMILES string of the molecule is CN(CC(O)COCc1ccccc1Cl)CC1CCCO1. The average molecular weight is 314 g/mol. The molecule has 0 amide bonds. The number of ether oxygens (including phenoxy) is 2. The van der Waals surface area contributed by atoms with Crippen LogP contribution in [0.3, 0.4) is 0 Å². The summed E-state index contributed by atoms with van der Waals surface area (Å²) in [4.78, 5) is 2.10. The van der Waals surface area contributed by atoms with Crippen molar-refractivity contribution in [1.82, 2.24) is 4.90 Å².